The van der Waals surface area contributed by atoms with Gasteiger partial charge in [-0.05, 0) is 19.4 Å². The normalized spacial score (nSPS) is 16.1. The molecule has 1 atom stereocenters. The molecule has 0 saturated heterocycles. The highest BCUT2D eigenvalue weighted by molar-refractivity contribution is 5.26. The number of rotatable bonds is 2. The summed E-state index contributed by atoms with van der Waals surface area (Å²) in [5.41, 5.74) is -0.627. The van der Waals surface area contributed by atoms with E-state index in [0.29, 0.717) is 0 Å². The molecule has 4 heteroatoms. The molecular formula is C11H13F3O. The first-order valence-corrected chi connectivity index (χ1v) is 4.57. The maximum atomic E-state index is 12.2. The van der Waals surface area contributed by atoms with Crippen molar-refractivity contribution in [2.24, 2.45) is 0 Å². The van der Waals surface area contributed by atoms with E-state index in [1.807, 2.05) is 6.92 Å². The zero-order valence-electron chi connectivity index (χ0n) is 8.60. The van der Waals surface area contributed by atoms with Crippen molar-refractivity contribution in [3.63, 3.8) is 0 Å². The molecule has 0 aliphatic heterocycles. The largest absolute Gasteiger partial charge is 0.392 e. The number of hydrogen-bond acceptors (Lipinski definition) is 1. The van der Waals surface area contributed by atoms with E-state index < -0.39 is 18.2 Å². The molecule has 0 aliphatic rings. The summed E-state index contributed by atoms with van der Waals surface area (Å²) >= 11 is 0. The standard InChI is InChI=1S/C11H13F3O/c1-8-3-5-9(6-4-8)10(2,15)7-11(12,13)14/h3-6,15H,7H2,1-2H3. The van der Waals surface area contributed by atoms with Gasteiger partial charge >= 0.3 is 6.18 Å². The highest BCUT2D eigenvalue weighted by atomic mass is 19.4. The fourth-order valence-corrected chi connectivity index (χ4v) is 1.40. The summed E-state index contributed by atoms with van der Waals surface area (Å²) in [4.78, 5) is 0. The van der Waals surface area contributed by atoms with Gasteiger partial charge in [-0.3, -0.25) is 0 Å². The van der Waals surface area contributed by atoms with Crippen LogP contribution in [-0.2, 0) is 5.60 Å². The first-order valence-electron chi connectivity index (χ1n) is 4.57. The highest BCUT2D eigenvalue weighted by Gasteiger charge is 2.39. The van der Waals surface area contributed by atoms with Gasteiger partial charge in [0, 0.05) is 0 Å². The Morgan fingerprint density at radius 3 is 2.00 bits per heavy atom. The summed E-state index contributed by atoms with van der Waals surface area (Å²) < 4.78 is 36.5. The van der Waals surface area contributed by atoms with Crippen molar-refractivity contribution in [2.45, 2.75) is 32.0 Å². The van der Waals surface area contributed by atoms with Gasteiger partial charge in [0.15, 0.2) is 0 Å². The molecule has 0 saturated carbocycles. The lowest BCUT2D eigenvalue weighted by Gasteiger charge is -2.25. The second kappa shape index (κ2) is 3.85. The van der Waals surface area contributed by atoms with Crippen LogP contribution < -0.4 is 0 Å². The van der Waals surface area contributed by atoms with Gasteiger partial charge in [-0.2, -0.15) is 13.2 Å². The molecule has 1 aromatic carbocycles. The van der Waals surface area contributed by atoms with Crippen LogP contribution in [0, 0.1) is 6.92 Å². The van der Waals surface area contributed by atoms with Crippen LogP contribution in [0.25, 0.3) is 0 Å². The molecule has 0 aromatic heterocycles. The van der Waals surface area contributed by atoms with Crippen LogP contribution in [0.2, 0.25) is 0 Å². The molecule has 1 nitrogen and oxygen atoms in total. The maximum Gasteiger partial charge on any atom is 0.392 e. The van der Waals surface area contributed by atoms with Gasteiger partial charge in [-0.15, -0.1) is 0 Å². The average molecular weight is 218 g/mol. The molecule has 1 aromatic rings. The van der Waals surface area contributed by atoms with Gasteiger partial charge in [0.2, 0.25) is 0 Å². The Bertz CT molecular complexity index is 325. The highest BCUT2D eigenvalue weighted by Crippen LogP contribution is 2.34. The molecule has 0 spiro atoms. The molecule has 0 aliphatic carbocycles. The van der Waals surface area contributed by atoms with Crippen LogP contribution in [0.1, 0.15) is 24.5 Å². The first kappa shape index (κ1) is 12.0. The topological polar surface area (TPSA) is 20.2 Å². The van der Waals surface area contributed by atoms with E-state index in [2.05, 4.69) is 0 Å². The van der Waals surface area contributed by atoms with Gasteiger partial charge in [-0.1, -0.05) is 29.8 Å². The maximum absolute atomic E-state index is 12.2. The van der Waals surface area contributed by atoms with Gasteiger partial charge < -0.3 is 5.11 Å². The van der Waals surface area contributed by atoms with Crippen LogP contribution in [0.15, 0.2) is 24.3 Å². The van der Waals surface area contributed by atoms with E-state index in [0.717, 1.165) is 5.56 Å². The van der Waals surface area contributed by atoms with Crippen molar-refractivity contribution in [3.05, 3.63) is 35.4 Å². The second-order valence-electron chi connectivity index (χ2n) is 3.93. The minimum Gasteiger partial charge on any atom is -0.385 e. The van der Waals surface area contributed by atoms with E-state index in [1.165, 1.54) is 19.1 Å². The smallest absolute Gasteiger partial charge is 0.385 e. The van der Waals surface area contributed by atoms with Crippen LogP contribution >= 0.6 is 0 Å². The summed E-state index contributed by atoms with van der Waals surface area (Å²) in [5.74, 6) is 0. The molecule has 0 heterocycles. The van der Waals surface area contributed by atoms with E-state index in [4.69, 9.17) is 0 Å². The van der Waals surface area contributed by atoms with Crippen molar-refractivity contribution < 1.29 is 18.3 Å². The number of aryl methyl sites for hydroxylation is 1. The zero-order valence-corrected chi connectivity index (χ0v) is 8.60. The fourth-order valence-electron chi connectivity index (χ4n) is 1.40. The predicted octanol–water partition coefficient (Wildman–Crippen LogP) is 3.15. The van der Waals surface area contributed by atoms with E-state index in [9.17, 15) is 18.3 Å². The molecule has 84 valence electrons. The van der Waals surface area contributed by atoms with Crippen LogP contribution in [0.3, 0.4) is 0 Å². The quantitative estimate of drug-likeness (QED) is 0.808. The molecule has 0 fully saturated rings. The monoisotopic (exact) mass is 218 g/mol. The van der Waals surface area contributed by atoms with Gasteiger partial charge in [0.1, 0.15) is 0 Å². The summed E-state index contributed by atoms with van der Waals surface area (Å²) in [6.45, 7) is 3.01. The van der Waals surface area contributed by atoms with Crippen LogP contribution in [0.4, 0.5) is 13.2 Å². The van der Waals surface area contributed by atoms with Crippen molar-refractivity contribution in [2.75, 3.05) is 0 Å². The Morgan fingerprint density at radius 2 is 1.60 bits per heavy atom. The minimum absolute atomic E-state index is 0.283. The second-order valence-corrected chi connectivity index (χ2v) is 3.93. The lowest BCUT2D eigenvalue weighted by atomic mass is 9.92. The molecule has 1 N–H and O–H groups in total. The number of aliphatic hydroxyl groups is 1. The van der Waals surface area contributed by atoms with E-state index in [-0.39, 0.29) is 5.56 Å². The number of benzene rings is 1. The molecule has 0 radical (unpaired) electrons. The third-order valence-electron chi connectivity index (χ3n) is 2.22. The Hall–Kier alpha value is -1.03. The van der Waals surface area contributed by atoms with Crippen molar-refractivity contribution in [3.8, 4) is 0 Å². The zero-order chi connectivity index (χ0) is 11.7. The third kappa shape index (κ3) is 3.55. The summed E-state index contributed by atoms with van der Waals surface area (Å²) in [7, 11) is 0. The van der Waals surface area contributed by atoms with Gasteiger partial charge in [-0.25, -0.2) is 0 Å². The third-order valence-corrected chi connectivity index (χ3v) is 2.22. The number of alkyl halides is 3. The summed E-state index contributed by atoms with van der Waals surface area (Å²) in [6.07, 6.45) is -5.60. The van der Waals surface area contributed by atoms with Crippen molar-refractivity contribution in [1.82, 2.24) is 0 Å². The lowest BCUT2D eigenvalue weighted by molar-refractivity contribution is -0.174. The Kier molecular flexibility index (Phi) is 3.09. The van der Waals surface area contributed by atoms with E-state index in [1.54, 1.807) is 12.1 Å². The van der Waals surface area contributed by atoms with Crippen molar-refractivity contribution >= 4 is 0 Å². The lowest BCUT2D eigenvalue weighted by Crippen LogP contribution is -2.28. The number of halogens is 3. The number of hydrogen-bond donors (Lipinski definition) is 1. The average Bonchev–Trinajstić information content (AvgIpc) is 2.00. The van der Waals surface area contributed by atoms with Crippen LogP contribution in [-0.4, -0.2) is 11.3 Å². The fraction of sp³-hybridized carbons (Fsp3) is 0.455. The Balaban J connectivity index is 2.90. The molecule has 15 heavy (non-hydrogen) atoms. The minimum atomic E-state index is -4.37. The Morgan fingerprint density at radius 1 is 1.13 bits per heavy atom. The van der Waals surface area contributed by atoms with Crippen LogP contribution in [0.5, 0.6) is 0 Å². The predicted molar refractivity (Wildman–Crippen MR) is 51.4 cm³/mol. The van der Waals surface area contributed by atoms with Gasteiger partial charge in [0.25, 0.3) is 0 Å². The molecule has 0 bridgehead atoms. The molecule has 1 rings (SSSR count). The molecule has 1 unspecified atom stereocenters. The molecular weight excluding hydrogens is 205 g/mol. The Labute approximate surface area is 86.5 Å². The van der Waals surface area contributed by atoms with E-state index >= 15 is 0 Å². The van der Waals surface area contributed by atoms with Crippen molar-refractivity contribution in [1.29, 1.82) is 0 Å². The van der Waals surface area contributed by atoms with Gasteiger partial charge in [0.05, 0.1) is 12.0 Å². The summed E-state index contributed by atoms with van der Waals surface area (Å²) in [5, 5.41) is 9.69. The molecule has 0 amide bonds. The SMILES string of the molecule is Cc1ccc(C(C)(O)CC(F)(F)F)cc1. The first-order chi connectivity index (χ1) is 6.71. The summed E-state index contributed by atoms with van der Waals surface area (Å²) in [6, 6.07) is 6.39.